The number of ether oxygens (including phenoxy) is 1. The van der Waals surface area contributed by atoms with E-state index in [9.17, 15) is 24.1 Å². The van der Waals surface area contributed by atoms with Gasteiger partial charge >= 0.3 is 0 Å². The van der Waals surface area contributed by atoms with E-state index in [-0.39, 0.29) is 31.0 Å². The lowest BCUT2D eigenvalue weighted by Crippen LogP contribution is -2.55. The summed E-state index contributed by atoms with van der Waals surface area (Å²) in [4.78, 5) is 1.70. The number of β-amino-alcohol motifs (C(OH)–C–C–N with tert-alkyl or cyclic N) is 2. The molecule has 25 heavy (non-hydrogen) atoms. The highest BCUT2D eigenvalue weighted by molar-refractivity contribution is 5.29. The molecule has 0 aromatic heterocycles. The summed E-state index contributed by atoms with van der Waals surface area (Å²) in [5, 5.41) is 28.9. The lowest BCUT2D eigenvalue weighted by Gasteiger charge is -2.36. The minimum absolute atomic E-state index is 0.0194. The first-order chi connectivity index (χ1) is 12.0. The van der Waals surface area contributed by atoms with Gasteiger partial charge in [-0.25, -0.2) is 8.78 Å². The van der Waals surface area contributed by atoms with Crippen LogP contribution in [0.25, 0.3) is 0 Å². The first-order valence-electron chi connectivity index (χ1n) is 8.78. The van der Waals surface area contributed by atoms with E-state index >= 15 is 0 Å². The molecule has 2 fully saturated rings. The molecule has 2 heterocycles. The number of hydrogen-bond acceptors (Lipinski definition) is 5. The number of aliphatic hydroxyl groups is 3. The van der Waals surface area contributed by atoms with Crippen LogP contribution in [0.5, 0.6) is 0 Å². The Balaban J connectivity index is 1.64. The Hall–Kier alpha value is -1.12. The zero-order valence-electron chi connectivity index (χ0n) is 14.1. The Bertz CT molecular complexity index is 559. The molecule has 2 aliphatic heterocycles. The molecule has 0 amide bonds. The number of piperidine rings is 1. The third-order valence-electron chi connectivity index (χ3n) is 5.21. The second kappa shape index (κ2) is 8.05. The van der Waals surface area contributed by atoms with Crippen molar-refractivity contribution >= 4 is 0 Å². The van der Waals surface area contributed by atoms with Crippen LogP contribution in [0.3, 0.4) is 0 Å². The molecule has 3 rings (SSSR count). The molecule has 7 heteroatoms. The topological polar surface area (TPSA) is 73.2 Å². The van der Waals surface area contributed by atoms with Gasteiger partial charge < -0.3 is 20.1 Å². The minimum Gasteiger partial charge on any atom is -0.389 e. The maximum absolute atomic E-state index is 14.4. The van der Waals surface area contributed by atoms with Crippen LogP contribution in [-0.4, -0.2) is 71.4 Å². The predicted octanol–water partition coefficient (Wildman–Crippen LogP) is 0.800. The van der Waals surface area contributed by atoms with Crippen molar-refractivity contribution in [1.29, 1.82) is 0 Å². The number of halogens is 2. The predicted molar refractivity (Wildman–Crippen MR) is 87.3 cm³/mol. The van der Waals surface area contributed by atoms with Gasteiger partial charge in [-0.05, 0) is 42.9 Å². The van der Waals surface area contributed by atoms with E-state index in [1.165, 1.54) is 12.1 Å². The second-order valence-electron chi connectivity index (χ2n) is 6.98. The minimum atomic E-state index is -1.18. The summed E-state index contributed by atoms with van der Waals surface area (Å²) < 4.78 is 34.1. The molecule has 0 bridgehead atoms. The summed E-state index contributed by atoms with van der Waals surface area (Å²) >= 11 is 0. The van der Waals surface area contributed by atoms with E-state index in [1.54, 1.807) is 4.90 Å². The Morgan fingerprint density at radius 1 is 1.00 bits per heavy atom. The quantitative estimate of drug-likeness (QED) is 0.743. The monoisotopic (exact) mass is 357 g/mol. The molecule has 2 aliphatic rings. The molecule has 1 aromatic rings. The van der Waals surface area contributed by atoms with Crippen molar-refractivity contribution in [2.75, 3.05) is 32.8 Å². The molecule has 3 atom stereocenters. The normalized spacial score (nSPS) is 29.1. The van der Waals surface area contributed by atoms with Crippen molar-refractivity contribution in [3.8, 4) is 0 Å². The molecule has 1 aromatic carbocycles. The zero-order valence-corrected chi connectivity index (χ0v) is 14.1. The fraction of sp³-hybridized carbons (Fsp3) is 0.667. The van der Waals surface area contributed by atoms with E-state index in [0.717, 1.165) is 12.8 Å². The number of nitrogens with zero attached hydrogens (tertiary/aromatic N) is 1. The summed E-state index contributed by atoms with van der Waals surface area (Å²) in [6.07, 6.45) is -1.62. The van der Waals surface area contributed by atoms with Gasteiger partial charge in [0.25, 0.3) is 0 Å². The van der Waals surface area contributed by atoms with Gasteiger partial charge in [-0.15, -0.1) is 0 Å². The Labute approximate surface area is 145 Å². The first-order valence-corrected chi connectivity index (χ1v) is 8.78. The van der Waals surface area contributed by atoms with E-state index < -0.39 is 29.9 Å². The van der Waals surface area contributed by atoms with Gasteiger partial charge in [-0.1, -0.05) is 0 Å². The molecule has 1 unspecified atom stereocenters. The Morgan fingerprint density at radius 3 is 2.12 bits per heavy atom. The van der Waals surface area contributed by atoms with E-state index in [0.29, 0.717) is 25.3 Å². The van der Waals surface area contributed by atoms with Crippen molar-refractivity contribution in [1.82, 2.24) is 4.90 Å². The molecule has 3 N–H and O–H groups in total. The number of aliphatic hydroxyl groups excluding tert-OH is 3. The molecular weight excluding hydrogens is 332 g/mol. The summed E-state index contributed by atoms with van der Waals surface area (Å²) in [5.41, 5.74) is 0.694. The van der Waals surface area contributed by atoms with Gasteiger partial charge in [0.2, 0.25) is 0 Å². The number of benzene rings is 1. The van der Waals surface area contributed by atoms with Crippen molar-refractivity contribution in [3.63, 3.8) is 0 Å². The molecule has 0 spiro atoms. The maximum Gasteiger partial charge on any atom is 0.129 e. The third kappa shape index (κ3) is 4.35. The fourth-order valence-electron chi connectivity index (χ4n) is 3.66. The van der Waals surface area contributed by atoms with Gasteiger partial charge in [0, 0.05) is 38.4 Å². The van der Waals surface area contributed by atoms with Gasteiger partial charge in [-0.3, -0.25) is 4.90 Å². The SMILES string of the molecule is OC1[C@H](O)CN(CCc2c(F)cc(C3CCOCC3)cc2F)C[C@@H]1O. The average molecular weight is 357 g/mol. The Kier molecular flexibility index (Phi) is 6.01. The van der Waals surface area contributed by atoms with Gasteiger partial charge in [0.05, 0.1) is 12.2 Å². The highest BCUT2D eigenvalue weighted by atomic mass is 19.1. The first kappa shape index (κ1) is 18.7. The van der Waals surface area contributed by atoms with Crippen LogP contribution in [0.15, 0.2) is 12.1 Å². The lowest BCUT2D eigenvalue weighted by molar-refractivity contribution is -0.109. The van der Waals surface area contributed by atoms with Crippen LogP contribution in [0.4, 0.5) is 8.78 Å². The second-order valence-corrected chi connectivity index (χ2v) is 6.98. The maximum atomic E-state index is 14.4. The van der Waals surface area contributed by atoms with Crippen LogP contribution >= 0.6 is 0 Å². The van der Waals surface area contributed by atoms with Crippen molar-refractivity contribution in [2.24, 2.45) is 0 Å². The van der Waals surface area contributed by atoms with Crippen molar-refractivity contribution < 1.29 is 28.8 Å². The van der Waals surface area contributed by atoms with Crippen molar-refractivity contribution in [2.45, 2.75) is 43.5 Å². The zero-order chi connectivity index (χ0) is 18.0. The molecule has 0 saturated carbocycles. The van der Waals surface area contributed by atoms with Crippen LogP contribution in [0, 0.1) is 11.6 Å². The van der Waals surface area contributed by atoms with Crippen LogP contribution in [0.2, 0.25) is 0 Å². The van der Waals surface area contributed by atoms with Crippen LogP contribution in [-0.2, 0) is 11.2 Å². The molecule has 140 valence electrons. The molecular formula is C18H25F2NO4. The summed E-state index contributed by atoms with van der Waals surface area (Å²) in [5.74, 6) is -0.986. The highest BCUT2D eigenvalue weighted by Gasteiger charge is 2.33. The molecule has 0 radical (unpaired) electrons. The number of rotatable bonds is 4. The average Bonchev–Trinajstić information content (AvgIpc) is 2.59. The van der Waals surface area contributed by atoms with Gasteiger partial charge in [0.15, 0.2) is 0 Å². The van der Waals surface area contributed by atoms with E-state index in [1.807, 2.05) is 0 Å². The molecule has 0 aliphatic carbocycles. The standard InChI is InChI=1S/C18H25F2NO4/c19-14-7-12(11-2-5-25-6-3-11)8-15(20)13(14)1-4-21-9-16(22)18(24)17(23)10-21/h7-8,11,16-18,22-24H,1-6,9-10H2/t16-,17+,18?. The summed E-state index contributed by atoms with van der Waals surface area (Å²) in [6, 6.07) is 2.83. The van der Waals surface area contributed by atoms with Gasteiger partial charge in [-0.2, -0.15) is 0 Å². The van der Waals surface area contributed by atoms with E-state index in [4.69, 9.17) is 4.74 Å². The Morgan fingerprint density at radius 2 is 1.56 bits per heavy atom. The smallest absolute Gasteiger partial charge is 0.129 e. The molecule has 2 saturated heterocycles. The lowest BCUT2D eigenvalue weighted by atomic mass is 9.90. The molecule has 5 nitrogen and oxygen atoms in total. The van der Waals surface area contributed by atoms with Crippen LogP contribution in [0.1, 0.15) is 29.9 Å². The summed E-state index contributed by atoms with van der Waals surface area (Å²) in [7, 11) is 0. The highest BCUT2D eigenvalue weighted by Crippen LogP contribution is 2.29. The third-order valence-corrected chi connectivity index (χ3v) is 5.21. The van der Waals surface area contributed by atoms with Crippen LogP contribution < -0.4 is 0 Å². The van der Waals surface area contributed by atoms with E-state index in [2.05, 4.69) is 0 Å². The van der Waals surface area contributed by atoms with Crippen molar-refractivity contribution in [3.05, 3.63) is 34.9 Å². The largest absolute Gasteiger partial charge is 0.389 e. The number of likely N-dealkylation sites (tertiary alicyclic amines) is 1. The fourth-order valence-corrected chi connectivity index (χ4v) is 3.66. The van der Waals surface area contributed by atoms with Gasteiger partial charge in [0.1, 0.15) is 17.7 Å². The summed E-state index contributed by atoms with van der Waals surface area (Å²) in [6.45, 7) is 1.86. The number of hydrogen-bond donors (Lipinski definition) is 3.